The van der Waals surface area contributed by atoms with Crippen LogP contribution in [0.4, 0.5) is 0 Å². The zero-order valence-electron chi connectivity index (χ0n) is 20.9. The second-order valence-corrected chi connectivity index (χ2v) is 10.7. The highest BCUT2D eigenvalue weighted by molar-refractivity contribution is 5.81. The molecule has 4 nitrogen and oxygen atoms in total. The monoisotopic (exact) mass is 438 g/mol. The molecule has 1 fully saturated rings. The Morgan fingerprint density at radius 2 is 1.13 bits per heavy atom. The molecule has 0 bridgehead atoms. The minimum Gasteiger partial charge on any atom is -0.481 e. The van der Waals surface area contributed by atoms with Gasteiger partial charge < -0.3 is 9.84 Å². The lowest BCUT2D eigenvalue weighted by atomic mass is 9.79. The summed E-state index contributed by atoms with van der Waals surface area (Å²) in [7, 11) is 0. The standard InChI is InChI=1S/C27H50O4/c1-21(2)15-9-6-5-7-11-17-23(18-12-8-10-16-22(3)4)31-27(30)25-20-14-13-19-24(25)26(28)29/h21-25H,5-20H2,1-4H3,(H,28,29). The number of ether oxygens (including phenoxy) is 1. The average molecular weight is 439 g/mol. The van der Waals surface area contributed by atoms with Crippen molar-refractivity contribution < 1.29 is 19.4 Å². The van der Waals surface area contributed by atoms with E-state index in [-0.39, 0.29) is 12.1 Å². The van der Waals surface area contributed by atoms with Crippen molar-refractivity contribution >= 4 is 11.9 Å². The number of carboxylic acids is 1. The number of unbranched alkanes of at least 4 members (excludes halogenated alkanes) is 6. The Balaban J connectivity index is 2.46. The molecule has 31 heavy (non-hydrogen) atoms. The lowest BCUT2D eigenvalue weighted by molar-refractivity contribution is -0.164. The Morgan fingerprint density at radius 3 is 1.61 bits per heavy atom. The first-order chi connectivity index (χ1) is 14.8. The van der Waals surface area contributed by atoms with E-state index in [1.54, 1.807) is 0 Å². The fraction of sp³-hybridized carbons (Fsp3) is 0.926. The van der Waals surface area contributed by atoms with Gasteiger partial charge >= 0.3 is 11.9 Å². The highest BCUT2D eigenvalue weighted by Gasteiger charge is 2.37. The van der Waals surface area contributed by atoms with Gasteiger partial charge in [-0.2, -0.15) is 0 Å². The molecule has 0 aromatic rings. The third-order valence-corrected chi connectivity index (χ3v) is 6.78. The second kappa shape index (κ2) is 16.6. The van der Waals surface area contributed by atoms with Crippen LogP contribution in [0.15, 0.2) is 0 Å². The number of aliphatic carboxylic acids is 1. The Kier molecular flexibility index (Phi) is 14.9. The summed E-state index contributed by atoms with van der Waals surface area (Å²) in [5.41, 5.74) is 0. The Morgan fingerprint density at radius 1 is 0.710 bits per heavy atom. The highest BCUT2D eigenvalue weighted by atomic mass is 16.5. The number of hydrogen-bond acceptors (Lipinski definition) is 3. The SMILES string of the molecule is CC(C)CCCCCCCC(CCCCCC(C)C)OC(=O)C1CCCCC1C(=O)O. The van der Waals surface area contributed by atoms with Crippen LogP contribution in [-0.4, -0.2) is 23.1 Å². The minimum atomic E-state index is -0.840. The van der Waals surface area contributed by atoms with Crippen LogP contribution in [0, 0.1) is 23.7 Å². The number of carbonyl (C=O) groups excluding carboxylic acids is 1. The highest BCUT2D eigenvalue weighted by Crippen LogP contribution is 2.32. The van der Waals surface area contributed by atoms with Gasteiger partial charge in [0.15, 0.2) is 0 Å². The molecule has 1 N–H and O–H groups in total. The first kappa shape index (κ1) is 28.0. The first-order valence-electron chi connectivity index (χ1n) is 13.2. The zero-order valence-corrected chi connectivity index (χ0v) is 20.9. The summed E-state index contributed by atoms with van der Waals surface area (Å²) in [5.74, 6) is -0.582. The van der Waals surface area contributed by atoms with E-state index in [4.69, 9.17) is 4.74 Å². The van der Waals surface area contributed by atoms with Gasteiger partial charge in [-0.05, 0) is 50.4 Å². The van der Waals surface area contributed by atoms with Gasteiger partial charge in [0.05, 0.1) is 11.8 Å². The number of hydrogen-bond donors (Lipinski definition) is 1. The Bertz CT molecular complexity index is 486. The Hall–Kier alpha value is -1.06. The molecule has 0 aliphatic heterocycles. The normalized spacial score (nSPS) is 20.2. The van der Waals surface area contributed by atoms with Crippen LogP contribution >= 0.6 is 0 Å². The van der Waals surface area contributed by atoms with E-state index in [0.29, 0.717) is 12.8 Å². The van der Waals surface area contributed by atoms with Crippen LogP contribution in [0.1, 0.15) is 130 Å². The molecule has 1 aliphatic rings. The minimum absolute atomic E-state index is 0.0430. The summed E-state index contributed by atoms with van der Waals surface area (Å²) in [6.07, 6.45) is 17.1. The lowest BCUT2D eigenvalue weighted by Gasteiger charge is -2.29. The predicted molar refractivity (Wildman–Crippen MR) is 128 cm³/mol. The van der Waals surface area contributed by atoms with Crippen molar-refractivity contribution in [1.29, 1.82) is 0 Å². The smallest absolute Gasteiger partial charge is 0.310 e. The third kappa shape index (κ3) is 13.2. The van der Waals surface area contributed by atoms with Crippen molar-refractivity contribution in [3.8, 4) is 0 Å². The molecule has 0 aromatic heterocycles. The third-order valence-electron chi connectivity index (χ3n) is 6.78. The summed E-state index contributed by atoms with van der Waals surface area (Å²) < 4.78 is 5.95. The van der Waals surface area contributed by atoms with E-state index < -0.39 is 17.8 Å². The summed E-state index contributed by atoms with van der Waals surface area (Å²) in [6.45, 7) is 9.08. The van der Waals surface area contributed by atoms with Gasteiger partial charge in [0.1, 0.15) is 6.10 Å². The molecular weight excluding hydrogens is 388 g/mol. The van der Waals surface area contributed by atoms with Gasteiger partial charge in [0.2, 0.25) is 0 Å². The molecule has 4 heteroatoms. The van der Waals surface area contributed by atoms with Gasteiger partial charge in [0, 0.05) is 0 Å². The van der Waals surface area contributed by atoms with E-state index >= 15 is 0 Å². The van der Waals surface area contributed by atoms with Gasteiger partial charge in [0.25, 0.3) is 0 Å². The van der Waals surface area contributed by atoms with Crippen molar-refractivity contribution in [2.45, 2.75) is 137 Å². The molecule has 0 aromatic carbocycles. The fourth-order valence-corrected chi connectivity index (χ4v) is 4.78. The largest absolute Gasteiger partial charge is 0.481 e. The number of rotatable bonds is 17. The van der Waals surface area contributed by atoms with Gasteiger partial charge in [-0.3, -0.25) is 9.59 Å². The molecule has 1 aliphatic carbocycles. The topological polar surface area (TPSA) is 63.6 Å². The zero-order chi connectivity index (χ0) is 23.1. The average Bonchev–Trinajstić information content (AvgIpc) is 2.71. The quantitative estimate of drug-likeness (QED) is 0.186. The molecule has 1 saturated carbocycles. The summed E-state index contributed by atoms with van der Waals surface area (Å²) in [4.78, 5) is 24.4. The van der Waals surface area contributed by atoms with E-state index in [1.165, 1.54) is 51.4 Å². The maximum Gasteiger partial charge on any atom is 0.310 e. The summed E-state index contributed by atoms with van der Waals surface area (Å²) in [6, 6.07) is 0. The first-order valence-corrected chi connectivity index (χ1v) is 13.2. The molecule has 3 unspecified atom stereocenters. The summed E-state index contributed by atoms with van der Waals surface area (Å²) >= 11 is 0. The molecule has 0 radical (unpaired) electrons. The van der Waals surface area contributed by atoms with Crippen LogP contribution < -0.4 is 0 Å². The van der Waals surface area contributed by atoms with Crippen molar-refractivity contribution in [2.24, 2.45) is 23.7 Å². The molecule has 0 heterocycles. The lowest BCUT2D eigenvalue weighted by Crippen LogP contribution is -2.35. The Labute approximate surface area is 191 Å². The molecule has 1 rings (SSSR count). The van der Waals surface area contributed by atoms with Crippen molar-refractivity contribution in [1.82, 2.24) is 0 Å². The van der Waals surface area contributed by atoms with Crippen molar-refractivity contribution in [2.75, 3.05) is 0 Å². The molecule has 182 valence electrons. The van der Waals surface area contributed by atoms with Crippen LogP contribution in [0.3, 0.4) is 0 Å². The maximum absolute atomic E-state index is 12.9. The van der Waals surface area contributed by atoms with Crippen molar-refractivity contribution in [3.05, 3.63) is 0 Å². The van der Waals surface area contributed by atoms with Gasteiger partial charge in [-0.1, -0.05) is 91.9 Å². The van der Waals surface area contributed by atoms with E-state index in [2.05, 4.69) is 27.7 Å². The van der Waals surface area contributed by atoms with Crippen molar-refractivity contribution in [3.63, 3.8) is 0 Å². The molecule has 3 atom stereocenters. The van der Waals surface area contributed by atoms with Crippen LogP contribution in [0.2, 0.25) is 0 Å². The molecular formula is C27H50O4. The predicted octanol–water partition coefficient (Wildman–Crippen LogP) is 7.78. The number of carboxylic acid groups (broad SMARTS) is 1. The maximum atomic E-state index is 12.9. The molecule has 0 saturated heterocycles. The molecule has 0 spiro atoms. The van der Waals surface area contributed by atoms with Gasteiger partial charge in [-0.25, -0.2) is 0 Å². The van der Waals surface area contributed by atoms with E-state index in [1.807, 2.05) is 0 Å². The molecule has 0 amide bonds. The van der Waals surface area contributed by atoms with E-state index in [9.17, 15) is 14.7 Å². The van der Waals surface area contributed by atoms with Crippen LogP contribution in [-0.2, 0) is 14.3 Å². The van der Waals surface area contributed by atoms with Gasteiger partial charge in [-0.15, -0.1) is 0 Å². The van der Waals surface area contributed by atoms with Crippen LogP contribution in [0.25, 0.3) is 0 Å². The van der Waals surface area contributed by atoms with Crippen LogP contribution in [0.5, 0.6) is 0 Å². The number of carbonyl (C=O) groups is 2. The van der Waals surface area contributed by atoms with E-state index in [0.717, 1.165) is 50.4 Å². The summed E-state index contributed by atoms with van der Waals surface area (Å²) in [5, 5.41) is 9.51. The number of esters is 1. The second-order valence-electron chi connectivity index (χ2n) is 10.7. The fourth-order valence-electron chi connectivity index (χ4n) is 4.78.